The summed E-state index contributed by atoms with van der Waals surface area (Å²) in [6.07, 6.45) is 1.76. The van der Waals surface area contributed by atoms with E-state index in [2.05, 4.69) is 60.9 Å². The number of thiocarbonyl (C=S) groups is 1. The number of carbonyl (C=O) groups excluding carboxylic acids is 1. The molecule has 0 spiro atoms. The molecule has 2 aromatic carbocycles. The highest BCUT2D eigenvalue weighted by Gasteiger charge is 2.18. The van der Waals surface area contributed by atoms with Crippen LogP contribution in [0, 0.1) is 0 Å². The van der Waals surface area contributed by atoms with E-state index in [1.54, 1.807) is 0 Å². The van der Waals surface area contributed by atoms with Crippen molar-refractivity contribution in [3.05, 3.63) is 87.8 Å². The molecule has 1 atom stereocenters. The highest BCUT2D eigenvalue weighted by atomic mass is 32.1. The van der Waals surface area contributed by atoms with Gasteiger partial charge in [-0.2, -0.15) is 0 Å². The summed E-state index contributed by atoms with van der Waals surface area (Å²) in [6, 6.07) is 20.6. The summed E-state index contributed by atoms with van der Waals surface area (Å²) in [5.41, 5.74) is 4.14. The van der Waals surface area contributed by atoms with Gasteiger partial charge in [0, 0.05) is 11.3 Å². The number of hydrogen-bond acceptors (Lipinski definition) is 4. The predicted molar refractivity (Wildman–Crippen MR) is 128 cm³/mol. The van der Waals surface area contributed by atoms with Crippen LogP contribution < -0.4 is 10.6 Å². The maximum atomic E-state index is 12.3. The molecule has 30 heavy (non-hydrogen) atoms. The summed E-state index contributed by atoms with van der Waals surface area (Å²) < 4.78 is 4.96. The minimum Gasteiger partial charge on any atom is -0.465 e. The zero-order chi connectivity index (χ0) is 21.5. The monoisotopic (exact) mass is 438 g/mol. The number of methoxy groups -OCH3 is 1. The van der Waals surface area contributed by atoms with Gasteiger partial charge in [-0.3, -0.25) is 0 Å². The van der Waals surface area contributed by atoms with Crippen LogP contribution in [-0.4, -0.2) is 18.2 Å². The third-order valence-electron chi connectivity index (χ3n) is 4.87. The quantitative estimate of drug-likeness (QED) is 0.364. The molecule has 3 aromatic rings. The Kier molecular flexibility index (Phi) is 7.60. The normalized spacial score (nSPS) is 11.6. The number of anilines is 1. The molecule has 156 valence electrons. The Morgan fingerprint density at radius 2 is 1.80 bits per heavy atom. The second-order valence-electron chi connectivity index (χ2n) is 7.02. The number of carbonyl (C=O) groups is 1. The third kappa shape index (κ3) is 5.68. The SMILES string of the molecule is CCc1ccc(C(C)NC(=S)Nc2sc(Cc3ccccc3)cc2C(=O)OC)cc1. The fourth-order valence-electron chi connectivity index (χ4n) is 3.14. The molecular weight excluding hydrogens is 412 g/mol. The van der Waals surface area contributed by atoms with Crippen molar-refractivity contribution < 1.29 is 9.53 Å². The van der Waals surface area contributed by atoms with Gasteiger partial charge >= 0.3 is 5.97 Å². The van der Waals surface area contributed by atoms with Crippen LogP contribution in [0.2, 0.25) is 0 Å². The van der Waals surface area contributed by atoms with Gasteiger partial charge in [0.05, 0.1) is 18.7 Å². The maximum Gasteiger partial charge on any atom is 0.340 e. The van der Waals surface area contributed by atoms with Crippen LogP contribution in [0.1, 0.15) is 51.8 Å². The molecule has 0 aliphatic heterocycles. The van der Waals surface area contributed by atoms with Crippen LogP contribution in [0.25, 0.3) is 0 Å². The third-order valence-corrected chi connectivity index (χ3v) is 6.14. The van der Waals surface area contributed by atoms with Crippen molar-refractivity contribution in [2.75, 3.05) is 12.4 Å². The van der Waals surface area contributed by atoms with Crippen molar-refractivity contribution in [2.24, 2.45) is 0 Å². The molecular formula is C24H26N2O2S2. The Balaban J connectivity index is 1.71. The van der Waals surface area contributed by atoms with Gasteiger partial charge in [-0.25, -0.2) is 4.79 Å². The van der Waals surface area contributed by atoms with Crippen molar-refractivity contribution in [3.8, 4) is 0 Å². The molecule has 6 heteroatoms. The van der Waals surface area contributed by atoms with E-state index in [0.29, 0.717) is 15.7 Å². The van der Waals surface area contributed by atoms with Gasteiger partial charge in [0.15, 0.2) is 5.11 Å². The van der Waals surface area contributed by atoms with Crippen LogP contribution in [0.3, 0.4) is 0 Å². The summed E-state index contributed by atoms with van der Waals surface area (Å²) in [5, 5.41) is 7.66. The summed E-state index contributed by atoms with van der Waals surface area (Å²) in [4.78, 5) is 13.3. The zero-order valence-electron chi connectivity index (χ0n) is 17.4. The Morgan fingerprint density at radius 3 is 2.43 bits per heavy atom. The number of benzene rings is 2. The molecule has 0 bridgehead atoms. The zero-order valence-corrected chi connectivity index (χ0v) is 19.0. The predicted octanol–water partition coefficient (Wildman–Crippen LogP) is 5.74. The lowest BCUT2D eigenvalue weighted by atomic mass is 10.1. The van der Waals surface area contributed by atoms with E-state index in [1.807, 2.05) is 24.3 Å². The van der Waals surface area contributed by atoms with Crippen molar-refractivity contribution in [1.29, 1.82) is 0 Å². The van der Waals surface area contributed by atoms with Crippen LogP contribution in [-0.2, 0) is 17.6 Å². The van der Waals surface area contributed by atoms with E-state index < -0.39 is 0 Å². The Bertz CT molecular complexity index is 998. The van der Waals surface area contributed by atoms with E-state index >= 15 is 0 Å². The highest BCUT2D eigenvalue weighted by Crippen LogP contribution is 2.30. The van der Waals surface area contributed by atoms with Gasteiger partial charge < -0.3 is 15.4 Å². The maximum absolute atomic E-state index is 12.3. The van der Waals surface area contributed by atoms with E-state index in [4.69, 9.17) is 17.0 Å². The average molecular weight is 439 g/mol. The Labute approximate surface area is 187 Å². The van der Waals surface area contributed by atoms with E-state index in [-0.39, 0.29) is 12.0 Å². The summed E-state index contributed by atoms with van der Waals surface area (Å²) >= 11 is 7.03. The fourth-order valence-corrected chi connectivity index (χ4v) is 4.57. The molecule has 2 N–H and O–H groups in total. The van der Waals surface area contributed by atoms with Crippen LogP contribution in [0.5, 0.6) is 0 Å². The minimum absolute atomic E-state index is 0.0428. The van der Waals surface area contributed by atoms with E-state index in [0.717, 1.165) is 23.3 Å². The van der Waals surface area contributed by atoms with Crippen molar-refractivity contribution in [3.63, 3.8) is 0 Å². The van der Waals surface area contributed by atoms with E-state index in [9.17, 15) is 4.79 Å². The van der Waals surface area contributed by atoms with Crippen molar-refractivity contribution >= 4 is 39.6 Å². The lowest BCUT2D eigenvalue weighted by Crippen LogP contribution is -2.31. The molecule has 0 amide bonds. The van der Waals surface area contributed by atoms with Gasteiger partial charge in [0.25, 0.3) is 0 Å². The first-order valence-corrected chi connectivity index (χ1v) is 11.1. The molecule has 1 aromatic heterocycles. The summed E-state index contributed by atoms with van der Waals surface area (Å²) in [7, 11) is 1.39. The number of aryl methyl sites for hydroxylation is 1. The smallest absolute Gasteiger partial charge is 0.340 e. The van der Waals surface area contributed by atoms with Gasteiger partial charge in [-0.15, -0.1) is 11.3 Å². The molecule has 0 radical (unpaired) electrons. The highest BCUT2D eigenvalue weighted by molar-refractivity contribution is 7.80. The molecule has 0 aliphatic rings. The first-order valence-electron chi connectivity index (χ1n) is 9.91. The molecule has 1 heterocycles. The van der Waals surface area contributed by atoms with Gasteiger partial charge in [0.1, 0.15) is 5.00 Å². The van der Waals surface area contributed by atoms with Crippen LogP contribution >= 0.6 is 23.6 Å². The number of nitrogens with one attached hydrogen (secondary N) is 2. The second kappa shape index (κ2) is 10.4. The Morgan fingerprint density at radius 1 is 1.10 bits per heavy atom. The standard InChI is InChI=1S/C24H26N2O2S2/c1-4-17-10-12-19(13-11-17)16(2)25-24(29)26-22-21(23(27)28-3)15-20(30-22)14-18-8-6-5-7-9-18/h5-13,15-16H,4,14H2,1-3H3,(H2,25,26,29). The van der Waals surface area contributed by atoms with Gasteiger partial charge in [-0.1, -0.05) is 61.5 Å². The first-order chi connectivity index (χ1) is 14.5. The largest absolute Gasteiger partial charge is 0.465 e. The Hall–Kier alpha value is -2.70. The minimum atomic E-state index is -0.376. The van der Waals surface area contributed by atoms with Crippen LogP contribution in [0.4, 0.5) is 5.00 Å². The second-order valence-corrected chi connectivity index (χ2v) is 8.57. The number of thiophene rings is 1. The summed E-state index contributed by atoms with van der Waals surface area (Å²) in [6.45, 7) is 4.20. The first kappa shape index (κ1) is 22.0. The molecule has 0 fully saturated rings. The molecule has 1 unspecified atom stereocenters. The number of ether oxygens (including phenoxy) is 1. The molecule has 0 saturated heterocycles. The number of rotatable bonds is 7. The van der Waals surface area contributed by atoms with Gasteiger partial charge in [0.2, 0.25) is 0 Å². The molecule has 0 saturated carbocycles. The molecule has 0 aliphatic carbocycles. The number of hydrogen-bond donors (Lipinski definition) is 2. The van der Waals surface area contributed by atoms with Crippen molar-refractivity contribution in [2.45, 2.75) is 32.7 Å². The van der Waals surface area contributed by atoms with Crippen molar-refractivity contribution in [1.82, 2.24) is 5.32 Å². The average Bonchev–Trinajstić information content (AvgIpc) is 3.15. The van der Waals surface area contributed by atoms with Gasteiger partial charge in [-0.05, 0) is 48.3 Å². The molecule has 4 nitrogen and oxygen atoms in total. The van der Waals surface area contributed by atoms with Crippen LogP contribution in [0.15, 0.2) is 60.7 Å². The molecule has 3 rings (SSSR count). The summed E-state index contributed by atoms with van der Waals surface area (Å²) in [5.74, 6) is -0.376. The van der Waals surface area contributed by atoms with E-state index in [1.165, 1.54) is 29.6 Å². The number of esters is 1. The lowest BCUT2D eigenvalue weighted by molar-refractivity contribution is 0.0602. The fraction of sp³-hybridized carbons (Fsp3) is 0.250. The topological polar surface area (TPSA) is 50.4 Å². The lowest BCUT2D eigenvalue weighted by Gasteiger charge is -2.17.